The van der Waals surface area contributed by atoms with Crippen molar-refractivity contribution >= 4 is 21.8 Å². The van der Waals surface area contributed by atoms with Crippen LogP contribution in [0.5, 0.6) is 0 Å². The van der Waals surface area contributed by atoms with Gasteiger partial charge in [-0.15, -0.1) is 6.58 Å². The van der Waals surface area contributed by atoms with E-state index in [9.17, 15) is 18.0 Å². The fourth-order valence-electron chi connectivity index (χ4n) is 3.04. The van der Waals surface area contributed by atoms with E-state index in [0.717, 1.165) is 11.4 Å². The largest absolute Gasteiger partial charge is 0.454 e. The predicted octanol–water partition coefficient (Wildman–Crippen LogP) is 2.94. The lowest BCUT2D eigenvalue weighted by Gasteiger charge is -2.10. The van der Waals surface area contributed by atoms with Gasteiger partial charge in [-0.1, -0.05) is 19.1 Å². The highest BCUT2D eigenvalue weighted by Gasteiger charge is 2.20. The minimum atomic E-state index is -3.71. The monoisotopic (exact) mass is 418 g/mol. The number of carbonyl (C=O) groups is 2. The van der Waals surface area contributed by atoms with Crippen LogP contribution < -0.4 is 4.72 Å². The molecule has 2 aromatic rings. The standard InChI is InChI=1S/C21H26N2O5S/c1-6-10-23-15(4)11-19(16(23)5)20(24)13-28-21(25)18-12-17(9-8-14(18)3)29(26,27)22-7-2/h6,8-9,11-12,22H,1,7,10,13H2,2-5H3. The lowest BCUT2D eigenvalue weighted by Crippen LogP contribution is -2.23. The Bertz CT molecular complexity index is 1050. The van der Waals surface area contributed by atoms with Crippen LogP contribution in [0, 0.1) is 20.8 Å². The van der Waals surface area contributed by atoms with E-state index in [0.29, 0.717) is 17.7 Å². The van der Waals surface area contributed by atoms with Crippen LogP contribution in [0.4, 0.5) is 0 Å². The average Bonchev–Trinajstić information content (AvgIpc) is 2.94. The summed E-state index contributed by atoms with van der Waals surface area (Å²) in [6.07, 6.45) is 1.74. The molecule has 0 atom stereocenters. The third kappa shape index (κ3) is 5.02. The van der Waals surface area contributed by atoms with Crippen molar-refractivity contribution in [3.8, 4) is 0 Å². The number of allylic oxidation sites excluding steroid dienone is 1. The van der Waals surface area contributed by atoms with E-state index in [2.05, 4.69) is 11.3 Å². The van der Waals surface area contributed by atoms with Gasteiger partial charge in [0, 0.05) is 30.0 Å². The molecule has 156 valence electrons. The molecule has 0 spiro atoms. The lowest BCUT2D eigenvalue weighted by molar-refractivity contribution is 0.0473. The van der Waals surface area contributed by atoms with Gasteiger partial charge in [-0.25, -0.2) is 17.9 Å². The van der Waals surface area contributed by atoms with Crippen molar-refractivity contribution in [2.45, 2.75) is 39.1 Å². The third-order valence-corrected chi connectivity index (χ3v) is 6.14. The number of aryl methyl sites for hydroxylation is 2. The van der Waals surface area contributed by atoms with Gasteiger partial charge in [-0.3, -0.25) is 4.79 Å². The molecule has 0 saturated carbocycles. The van der Waals surface area contributed by atoms with Crippen molar-refractivity contribution in [1.29, 1.82) is 0 Å². The van der Waals surface area contributed by atoms with E-state index >= 15 is 0 Å². The molecule has 1 N–H and O–H groups in total. The first kappa shape index (κ1) is 22.6. The number of esters is 1. The molecular weight excluding hydrogens is 392 g/mol. The fourth-order valence-corrected chi connectivity index (χ4v) is 4.11. The topological polar surface area (TPSA) is 94.5 Å². The second-order valence-corrected chi connectivity index (χ2v) is 8.43. The number of sulfonamides is 1. The maximum atomic E-state index is 12.5. The highest BCUT2D eigenvalue weighted by atomic mass is 32.2. The summed E-state index contributed by atoms with van der Waals surface area (Å²) < 4.78 is 33.8. The number of hydrogen-bond donors (Lipinski definition) is 1. The molecular formula is C21H26N2O5S. The summed E-state index contributed by atoms with van der Waals surface area (Å²) in [4.78, 5) is 25.0. The quantitative estimate of drug-likeness (QED) is 0.384. The molecule has 0 aliphatic carbocycles. The molecule has 1 aromatic heterocycles. The Hall–Kier alpha value is -2.71. The van der Waals surface area contributed by atoms with E-state index in [-0.39, 0.29) is 22.8 Å². The van der Waals surface area contributed by atoms with E-state index in [4.69, 9.17) is 4.74 Å². The van der Waals surface area contributed by atoms with Crippen LogP contribution in [0.2, 0.25) is 0 Å². The maximum absolute atomic E-state index is 12.5. The zero-order chi connectivity index (χ0) is 21.8. The molecule has 0 aliphatic rings. The Morgan fingerprint density at radius 1 is 1.17 bits per heavy atom. The van der Waals surface area contributed by atoms with Gasteiger partial charge in [0.1, 0.15) is 0 Å². The normalized spacial score (nSPS) is 11.3. The van der Waals surface area contributed by atoms with Gasteiger partial charge in [0.25, 0.3) is 0 Å². The summed E-state index contributed by atoms with van der Waals surface area (Å²) in [6.45, 7) is 11.1. The summed E-state index contributed by atoms with van der Waals surface area (Å²) in [7, 11) is -3.71. The lowest BCUT2D eigenvalue weighted by atomic mass is 10.1. The molecule has 2 rings (SSSR count). The van der Waals surface area contributed by atoms with Crippen LogP contribution in [-0.2, 0) is 21.3 Å². The van der Waals surface area contributed by atoms with Gasteiger partial charge in [0.05, 0.1) is 10.5 Å². The molecule has 7 nitrogen and oxygen atoms in total. The van der Waals surface area contributed by atoms with Crippen LogP contribution in [-0.4, -0.2) is 37.9 Å². The first-order valence-electron chi connectivity index (χ1n) is 9.20. The Morgan fingerprint density at radius 2 is 1.86 bits per heavy atom. The summed E-state index contributed by atoms with van der Waals surface area (Å²) in [5.74, 6) is -1.07. The molecule has 0 fully saturated rings. The smallest absolute Gasteiger partial charge is 0.338 e. The Kier molecular flexibility index (Phi) is 7.16. The van der Waals surface area contributed by atoms with Gasteiger partial charge in [0.2, 0.25) is 15.8 Å². The van der Waals surface area contributed by atoms with Crippen LogP contribution in [0.25, 0.3) is 0 Å². The van der Waals surface area contributed by atoms with Gasteiger partial charge in [-0.2, -0.15) is 0 Å². The minimum absolute atomic E-state index is 0.0313. The average molecular weight is 419 g/mol. The van der Waals surface area contributed by atoms with Crippen molar-refractivity contribution in [2.75, 3.05) is 13.2 Å². The second kappa shape index (κ2) is 9.19. The van der Waals surface area contributed by atoms with E-state index in [1.54, 1.807) is 26.0 Å². The fraction of sp³-hybridized carbons (Fsp3) is 0.333. The molecule has 0 aliphatic heterocycles. The number of carbonyl (C=O) groups excluding carboxylic acids is 2. The summed E-state index contributed by atoms with van der Waals surface area (Å²) in [5, 5.41) is 0. The molecule has 1 heterocycles. The number of hydrogen-bond acceptors (Lipinski definition) is 5. The zero-order valence-corrected chi connectivity index (χ0v) is 17.9. The Balaban J connectivity index is 2.18. The number of aromatic nitrogens is 1. The van der Waals surface area contributed by atoms with Crippen molar-refractivity contribution in [2.24, 2.45) is 0 Å². The Labute approximate surface area is 171 Å². The first-order chi connectivity index (χ1) is 13.6. The highest BCUT2D eigenvalue weighted by molar-refractivity contribution is 7.89. The summed E-state index contributed by atoms with van der Waals surface area (Å²) >= 11 is 0. The third-order valence-electron chi connectivity index (χ3n) is 4.59. The van der Waals surface area contributed by atoms with Crippen LogP contribution in [0.1, 0.15) is 44.6 Å². The van der Waals surface area contributed by atoms with Gasteiger partial charge in [0.15, 0.2) is 6.61 Å². The van der Waals surface area contributed by atoms with Crippen molar-refractivity contribution in [3.63, 3.8) is 0 Å². The maximum Gasteiger partial charge on any atom is 0.338 e. The van der Waals surface area contributed by atoms with E-state index in [1.165, 1.54) is 18.2 Å². The number of Topliss-reactive ketones (excluding diaryl/α,β-unsaturated/α-hetero) is 1. The summed E-state index contributed by atoms with van der Waals surface area (Å²) in [5.41, 5.74) is 2.83. The predicted molar refractivity (Wildman–Crippen MR) is 111 cm³/mol. The van der Waals surface area contributed by atoms with Gasteiger partial charge >= 0.3 is 5.97 Å². The highest BCUT2D eigenvalue weighted by Crippen LogP contribution is 2.18. The molecule has 0 radical (unpaired) electrons. The number of nitrogens with zero attached hydrogens (tertiary/aromatic N) is 1. The SMILES string of the molecule is C=CCn1c(C)cc(C(=O)COC(=O)c2cc(S(=O)(=O)NCC)ccc2C)c1C. The second-order valence-electron chi connectivity index (χ2n) is 6.66. The number of rotatable bonds is 9. The molecule has 0 unspecified atom stereocenters. The van der Waals surface area contributed by atoms with Crippen LogP contribution >= 0.6 is 0 Å². The molecule has 0 saturated heterocycles. The molecule has 29 heavy (non-hydrogen) atoms. The van der Waals surface area contributed by atoms with E-state index in [1.807, 2.05) is 18.4 Å². The van der Waals surface area contributed by atoms with Crippen LogP contribution in [0.3, 0.4) is 0 Å². The molecule has 0 amide bonds. The van der Waals surface area contributed by atoms with Gasteiger partial charge < -0.3 is 9.30 Å². The molecule has 1 aromatic carbocycles. The summed E-state index contributed by atoms with van der Waals surface area (Å²) in [6, 6.07) is 5.97. The van der Waals surface area contributed by atoms with Crippen molar-refractivity contribution in [3.05, 3.63) is 65.0 Å². The first-order valence-corrected chi connectivity index (χ1v) is 10.7. The van der Waals surface area contributed by atoms with Crippen molar-refractivity contribution < 1.29 is 22.7 Å². The minimum Gasteiger partial charge on any atom is -0.454 e. The van der Waals surface area contributed by atoms with E-state index < -0.39 is 22.6 Å². The zero-order valence-electron chi connectivity index (χ0n) is 17.1. The van der Waals surface area contributed by atoms with Gasteiger partial charge in [-0.05, 0) is 44.5 Å². The number of ketones is 1. The molecule has 8 heteroatoms. The van der Waals surface area contributed by atoms with Crippen molar-refractivity contribution in [1.82, 2.24) is 9.29 Å². The van der Waals surface area contributed by atoms with Crippen LogP contribution in [0.15, 0.2) is 41.8 Å². The number of ether oxygens (including phenoxy) is 1. The Morgan fingerprint density at radius 3 is 2.48 bits per heavy atom. The number of nitrogens with one attached hydrogen (secondary N) is 1. The number of benzene rings is 1. The molecule has 0 bridgehead atoms.